The van der Waals surface area contributed by atoms with Crippen molar-refractivity contribution >= 4 is 129 Å². The number of carbonyl (C=O) groups excluding carboxylic acids is 16. The number of rotatable bonds is 33. The second kappa shape index (κ2) is 46.4. The molecule has 0 aliphatic carbocycles. The number of para-hydroxylation sites is 2. The highest BCUT2D eigenvalue weighted by atomic mass is 16.5. The number of esters is 1. The predicted molar refractivity (Wildman–Crippen MR) is 394 cm³/mol. The number of carbonyl (C=O) groups is 19. The molecule has 2 heterocycles. The summed E-state index contributed by atoms with van der Waals surface area (Å²) in [5, 5.41) is 69.6. The molecule has 0 saturated carbocycles. The van der Waals surface area contributed by atoms with Crippen LogP contribution >= 0.6 is 0 Å². The molecule has 41 heteroatoms. The highest BCUT2D eigenvalue weighted by Crippen LogP contribution is 2.21. The summed E-state index contributed by atoms with van der Waals surface area (Å²) < 4.78 is 5.70. The van der Waals surface area contributed by atoms with Crippen LogP contribution in [0.5, 0.6) is 0 Å². The number of aliphatic hydroxyl groups excluding tert-OH is 1. The first-order chi connectivity index (χ1) is 53.0. The van der Waals surface area contributed by atoms with E-state index in [0.29, 0.717) is 29.3 Å². The SMILES string of the molecule is CCCCCCCCCC(=O)N[C@@H](Cc1c[nH]c2ccccc12)C(=O)N[C@@H](CC(N)=O)C(=O)N[C@@H](CC(=O)O)C(=O)N[C@@H]1C(=O)NCC(=O)N[C@@H](CCCN)C(=O)N[C@@H](C)C(=O)N[C@H](C)C(=O)N[C@@H](CC(=O)O)C(=O)NCC(=O)N[C@H](CO)C(=O)N[C@@H]([C@@H](C)CC(=O)O)C(=O)N[C@@H](CC(=O)c2ccccc2N)C(=O)O[C@@H]1C. The largest absolute Gasteiger partial charge is 0.481 e. The number of benzene rings is 2. The third kappa shape index (κ3) is 31.1. The van der Waals surface area contributed by atoms with Gasteiger partial charge in [-0.05, 0) is 76.3 Å². The molecule has 0 spiro atoms. The molecule has 0 radical (unpaired) electrons. The maximum Gasteiger partial charge on any atom is 0.329 e. The van der Waals surface area contributed by atoms with Crippen molar-refractivity contribution in [3.63, 3.8) is 0 Å². The minimum absolute atomic E-state index is 0.00325. The van der Waals surface area contributed by atoms with E-state index in [9.17, 15) is 112 Å². The Morgan fingerprint density at radius 1 is 0.562 bits per heavy atom. The minimum atomic E-state index is -2.39. The Kier molecular flexibility index (Phi) is 38.2. The summed E-state index contributed by atoms with van der Waals surface area (Å²) in [6.07, 6.45) is -0.489. The van der Waals surface area contributed by atoms with Crippen molar-refractivity contribution in [2.24, 2.45) is 17.4 Å². The molecule has 112 heavy (non-hydrogen) atoms. The Morgan fingerprint density at radius 2 is 1.12 bits per heavy atom. The summed E-state index contributed by atoms with van der Waals surface area (Å²) in [6.45, 7) is 2.72. The third-order valence-corrected chi connectivity index (χ3v) is 17.6. The third-order valence-electron chi connectivity index (χ3n) is 17.6. The fourth-order valence-electron chi connectivity index (χ4n) is 11.5. The van der Waals surface area contributed by atoms with E-state index in [2.05, 4.69) is 70.4 Å². The number of fused-ring (bicyclic) bond motifs is 1. The van der Waals surface area contributed by atoms with Gasteiger partial charge in [0.15, 0.2) is 5.78 Å². The molecule has 13 atom stereocenters. The van der Waals surface area contributed by atoms with E-state index >= 15 is 0 Å². The molecule has 614 valence electrons. The maximum atomic E-state index is 14.8. The molecule has 2 aromatic carbocycles. The van der Waals surface area contributed by atoms with E-state index < -0.39 is 243 Å². The lowest BCUT2D eigenvalue weighted by atomic mass is 9.96. The van der Waals surface area contributed by atoms with E-state index in [1.54, 1.807) is 30.5 Å². The number of aliphatic carboxylic acids is 3. The number of Topliss-reactive ketones (excluding diaryl/α,β-unsaturated/α-hetero) is 1. The molecule has 24 N–H and O–H groups in total. The van der Waals surface area contributed by atoms with Gasteiger partial charge in [0.05, 0.1) is 45.4 Å². The van der Waals surface area contributed by atoms with Crippen molar-refractivity contribution in [2.45, 2.75) is 210 Å². The molecule has 1 aromatic heterocycles. The van der Waals surface area contributed by atoms with Gasteiger partial charge in [-0.15, -0.1) is 0 Å². The summed E-state index contributed by atoms with van der Waals surface area (Å²) >= 11 is 0. The first kappa shape index (κ1) is 92.2. The number of amides is 14. The lowest BCUT2D eigenvalue weighted by molar-refractivity contribution is -0.156. The number of ether oxygens (including phenoxy) is 1. The normalized spacial score (nSPS) is 21.5. The highest BCUT2D eigenvalue weighted by Gasteiger charge is 2.41. The maximum absolute atomic E-state index is 14.8. The zero-order valence-electron chi connectivity index (χ0n) is 62.5. The van der Waals surface area contributed by atoms with Gasteiger partial charge in [-0.2, -0.15) is 0 Å². The lowest BCUT2D eigenvalue weighted by Crippen LogP contribution is -2.62. The number of aromatic amines is 1. The standard InChI is InChI=1S/C71H101N17O24/c1-6-7-8-9-10-11-12-23-53(92)81-45(26-39-31-75-43-21-16-14-18-40(39)43)65(105)84-46(28-52(74)91)66(106)85-48(30-58(99)100)67(107)88-60-38(5)112-71(111)49(27-51(90)41-19-13-15-20-42(41)73)86-70(110)59(35(2)25-56(95)96)87-68(108)50(34-89)82-55(94)32-76-63(103)47(29-57(97)98)83-62(102)37(4)78-61(101)36(3)79-64(104)44(22-17-24-72)80-54(93)33-77-69(60)109/h13-16,18-21,31,35-38,44-50,59-60,75,89H,6-12,17,22-30,32-34,72-73H2,1-5H3,(H2,74,91)(H,76,103)(H,77,109)(H,78,101)(H,79,104)(H,80,93)(H,81,92)(H,82,94)(H,83,102)(H,84,105)(H,85,106)(H,86,110)(H,87,108)(H,88,107)(H,95,96)(H,97,98)(H,99,100)/t35-,36-,37+,38+,44-,45-,46-,47-,48-,49-,50+,59-,60-/m0/s1. The van der Waals surface area contributed by atoms with E-state index in [0.717, 1.165) is 59.8 Å². The van der Waals surface area contributed by atoms with Gasteiger partial charge in [0, 0.05) is 47.6 Å². The fourth-order valence-corrected chi connectivity index (χ4v) is 11.5. The Labute approximate surface area is 642 Å². The van der Waals surface area contributed by atoms with Crippen molar-refractivity contribution in [1.82, 2.24) is 74.1 Å². The van der Waals surface area contributed by atoms with Crippen LogP contribution in [0.3, 0.4) is 0 Å². The predicted octanol–water partition coefficient (Wildman–Crippen LogP) is -5.08. The molecule has 4 rings (SSSR count). The number of hydrogen-bond donors (Lipinski definition) is 21. The number of nitrogens with one attached hydrogen (secondary N) is 14. The molecular weight excluding hydrogens is 1470 g/mol. The summed E-state index contributed by atoms with van der Waals surface area (Å²) in [5.41, 5.74) is 18.2. The van der Waals surface area contributed by atoms with Gasteiger partial charge >= 0.3 is 23.9 Å². The lowest BCUT2D eigenvalue weighted by Gasteiger charge is -2.30. The first-order valence-electron chi connectivity index (χ1n) is 36.2. The molecule has 0 unspecified atom stereocenters. The number of nitrogens with two attached hydrogens (primary N) is 3. The van der Waals surface area contributed by atoms with Crippen LogP contribution in [0, 0.1) is 5.92 Å². The zero-order valence-corrected chi connectivity index (χ0v) is 62.5. The van der Waals surface area contributed by atoms with Crippen molar-refractivity contribution in [3.05, 3.63) is 65.9 Å². The summed E-state index contributed by atoms with van der Waals surface area (Å²) in [4.78, 5) is 263. The quantitative estimate of drug-likeness (QED) is 0.0117. The number of carboxylic acids is 3. The van der Waals surface area contributed by atoms with Gasteiger partial charge in [0.25, 0.3) is 0 Å². The summed E-state index contributed by atoms with van der Waals surface area (Å²) in [7, 11) is 0. The molecule has 1 aliphatic rings. The van der Waals surface area contributed by atoms with Crippen molar-refractivity contribution < 1.29 is 116 Å². The molecular formula is C71H101N17O24. The molecule has 41 nitrogen and oxygen atoms in total. The smallest absolute Gasteiger partial charge is 0.329 e. The van der Waals surface area contributed by atoms with Crippen LogP contribution in [0.4, 0.5) is 5.69 Å². The van der Waals surface area contributed by atoms with Gasteiger partial charge in [-0.3, -0.25) is 86.3 Å². The van der Waals surface area contributed by atoms with Crippen LogP contribution in [0.1, 0.15) is 147 Å². The summed E-state index contributed by atoms with van der Waals surface area (Å²) in [6, 6.07) is -9.12. The van der Waals surface area contributed by atoms with Crippen LogP contribution in [0.15, 0.2) is 54.7 Å². The molecule has 0 bridgehead atoms. The number of aliphatic hydroxyl groups is 1. The Hall–Kier alpha value is -12.2. The van der Waals surface area contributed by atoms with Gasteiger partial charge in [0.1, 0.15) is 72.6 Å². The topological polar surface area (TPSA) is 665 Å². The van der Waals surface area contributed by atoms with E-state index in [4.69, 9.17) is 21.9 Å². The van der Waals surface area contributed by atoms with Crippen LogP contribution in [-0.4, -0.2) is 237 Å². The zero-order chi connectivity index (χ0) is 83.5. The monoisotopic (exact) mass is 1580 g/mol. The first-order valence-corrected chi connectivity index (χ1v) is 36.2. The Bertz CT molecular complexity index is 3910. The number of aromatic nitrogens is 1. The van der Waals surface area contributed by atoms with Gasteiger partial charge in [-0.25, -0.2) is 4.79 Å². The fraction of sp³-hybridized carbons (Fsp3) is 0.535. The molecule has 1 aliphatic heterocycles. The molecule has 14 amide bonds. The molecule has 3 aromatic rings. The van der Waals surface area contributed by atoms with Crippen LogP contribution in [0.25, 0.3) is 10.9 Å². The second-order valence-corrected chi connectivity index (χ2v) is 26.8. The number of nitrogen functional groups attached to an aromatic ring is 1. The van der Waals surface area contributed by atoms with Crippen LogP contribution in [0.2, 0.25) is 0 Å². The summed E-state index contributed by atoms with van der Waals surface area (Å²) in [5.74, 6) is -26.6. The molecule has 1 fully saturated rings. The van der Waals surface area contributed by atoms with E-state index in [1.165, 1.54) is 24.3 Å². The number of cyclic esters (lactones) is 1. The number of ketones is 1. The number of carboxylic acid groups (broad SMARTS) is 3. The number of primary amides is 1. The van der Waals surface area contributed by atoms with Crippen molar-refractivity contribution in [1.29, 1.82) is 0 Å². The minimum Gasteiger partial charge on any atom is -0.481 e. The van der Waals surface area contributed by atoms with E-state index in [1.807, 2.05) is 10.6 Å². The molecule has 1 saturated heterocycles. The van der Waals surface area contributed by atoms with Crippen LogP contribution in [-0.2, 0) is 97.5 Å². The number of anilines is 1. The van der Waals surface area contributed by atoms with Gasteiger partial charge < -0.3 is 116 Å². The van der Waals surface area contributed by atoms with Crippen molar-refractivity contribution in [2.75, 3.05) is 32.0 Å². The average Bonchev–Trinajstić information content (AvgIpc) is 1.58. The van der Waals surface area contributed by atoms with E-state index in [-0.39, 0.29) is 43.5 Å². The average molecular weight is 1580 g/mol. The Balaban J connectivity index is 1.84. The van der Waals surface area contributed by atoms with Gasteiger partial charge in [0.2, 0.25) is 82.7 Å². The number of unbranched alkanes of at least 4 members (excludes halogenated alkanes) is 6. The number of hydrogen-bond acceptors (Lipinski definition) is 23. The van der Waals surface area contributed by atoms with Crippen molar-refractivity contribution in [3.8, 4) is 0 Å². The van der Waals surface area contributed by atoms with Gasteiger partial charge in [-0.1, -0.05) is 82.7 Å². The highest BCUT2D eigenvalue weighted by molar-refractivity contribution is 6.05. The Morgan fingerprint density at radius 3 is 1.72 bits per heavy atom. The van der Waals surface area contributed by atoms with Crippen LogP contribution < -0.4 is 86.3 Å². The number of H-pyrrole nitrogens is 1. The second-order valence-electron chi connectivity index (χ2n) is 26.8.